The maximum Gasteiger partial charge on any atom is 0.277 e. The van der Waals surface area contributed by atoms with Gasteiger partial charge in [-0.25, -0.2) is 5.43 Å². The second kappa shape index (κ2) is 10.7. The van der Waals surface area contributed by atoms with Crippen molar-refractivity contribution in [3.8, 4) is 34.1 Å². The molecule has 0 saturated carbocycles. The lowest BCUT2D eigenvalue weighted by atomic mass is 10.1. The SMILES string of the molecule is COc1cc(OC)c(/C=N\NC(=O)COc2ccc(-c3ccccc3)cc2)c(OC)c1. The van der Waals surface area contributed by atoms with Crippen molar-refractivity contribution in [2.24, 2.45) is 5.10 Å². The van der Waals surface area contributed by atoms with Gasteiger partial charge in [-0.05, 0) is 23.3 Å². The van der Waals surface area contributed by atoms with Gasteiger partial charge in [0, 0.05) is 12.1 Å². The lowest BCUT2D eigenvalue weighted by Crippen LogP contribution is -2.24. The van der Waals surface area contributed by atoms with E-state index in [0.29, 0.717) is 28.6 Å². The number of carbonyl (C=O) groups is 1. The van der Waals surface area contributed by atoms with E-state index >= 15 is 0 Å². The number of methoxy groups -OCH3 is 3. The third-order valence-electron chi connectivity index (χ3n) is 4.47. The third-order valence-corrected chi connectivity index (χ3v) is 4.47. The number of nitrogens with one attached hydrogen (secondary N) is 1. The predicted octanol–water partition coefficient (Wildman–Crippen LogP) is 3.91. The van der Waals surface area contributed by atoms with E-state index in [1.807, 2.05) is 54.6 Å². The zero-order valence-electron chi connectivity index (χ0n) is 17.6. The summed E-state index contributed by atoms with van der Waals surface area (Å²) in [7, 11) is 4.61. The monoisotopic (exact) mass is 420 g/mol. The van der Waals surface area contributed by atoms with E-state index in [2.05, 4.69) is 10.5 Å². The molecule has 0 aliphatic carbocycles. The van der Waals surface area contributed by atoms with Gasteiger partial charge in [0.05, 0.1) is 33.1 Å². The second-order valence-corrected chi connectivity index (χ2v) is 6.42. The molecule has 0 aliphatic rings. The van der Waals surface area contributed by atoms with E-state index in [-0.39, 0.29) is 6.61 Å². The lowest BCUT2D eigenvalue weighted by molar-refractivity contribution is -0.123. The molecule has 0 aromatic heterocycles. The summed E-state index contributed by atoms with van der Waals surface area (Å²) in [5.41, 5.74) is 5.20. The van der Waals surface area contributed by atoms with Crippen molar-refractivity contribution in [2.45, 2.75) is 0 Å². The summed E-state index contributed by atoms with van der Waals surface area (Å²) in [6.07, 6.45) is 1.45. The summed E-state index contributed by atoms with van der Waals surface area (Å²) in [5, 5.41) is 3.97. The Morgan fingerprint density at radius 3 is 2.03 bits per heavy atom. The number of rotatable bonds is 9. The molecule has 1 amide bonds. The molecule has 1 N–H and O–H groups in total. The van der Waals surface area contributed by atoms with E-state index in [4.69, 9.17) is 18.9 Å². The minimum Gasteiger partial charge on any atom is -0.496 e. The minimum absolute atomic E-state index is 0.168. The molecule has 3 rings (SSSR count). The van der Waals surface area contributed by atoms with Crippen LogP contribution in [0.5, 0.6) is 23.0 Å². The molecule has 0 bridgehead atoms. The van der Waals surface area contributed by atoms with Crippen LogP contribution in [0, 0.1) is 0 Å². The van der Waals surface area contributed by atoms with Crippen molar-refractivity contribution >= 4 is 12.1 Å². The summed E-state index contributed by atoms with van der Waals surface area (Å²) in [5.74, 6) is 1.79. The molecule has 160 valence electrons. The number of nitrogens with zero attached hydrogens (tertiary/aromatic N) is 1. The van der Waals surface area contributed by atoms with E-state index in [1.54, 1.807) is 19.2 Å². The van der Waals surface area contributed by atoms with Crippen LogP contribution in [0.15, 0.2) is 71.8 Å². The van der Waals surface area contributed by atoms with Crippen LogP contribution in [0.4, 0.5) is 0 Å². The van der Waals surface area contributed by atoms with Crippen LogP contribution in [-0.4, -0.2) is 40.1 Å². The average Bonchev–Trinajstić information content (AvgIpc) is 2.83. The zero-order chi connectivity index (χ0) is 22.1. The summed E-state index contributed by atoms with van der Waals surface area (Å²) in [6.45, 7) is -0.168. The molecule has 0 fully saturated rings. The molecule has 31 heavy (non-hydrogen) atoms. The van der Waals surface area contributed by atoms with Crippen molar-refractivity contribution in [2.75, 3.05) is 27.9 Å². The Bertz CT molecular complexity index is 1010. The predicted molar refractivity (Wildman–Crippen MR) is 119 cm³/mol. The first-order valence-corrected chi connectivity index (χ1v) is 9.54. The van der Waals surface area contributed by atoms with Gasteiger partial charge >= 0.3 is 0 Å². The Hall–Kier alpha value is -4.00. The van der Waals surface area contributed by atoms with E-state index < -0.39 is 5.91 Å². The number of hydrogen-bond donors (Lipinski definition) is 1. The normalized spacial score (nSPS) is 10.5. The quantitative estimate of drug-likeness (QED) is 0.420. The van der Waals surface area contributed by atoms with Gasteiger partial charge in [-0.3, -0.25) is 4.79 Å². The Morgan fingerprint density at radius 1 is 0.839 bits per heavy atom. The van der Waals surface area contributed by atoms with Gasteiger partial charge < -0.3 is 18.9 Å². The molecule has 0 aliphatic heterocycles. The highest BCUT2D eigenvalue weighted by Gasteiger charge is 2.11. The van der Waals surface area contributed by atoms with Gasteiger partial charge in [0.2, 0.25) is 0 Å². The van der Waals surface area contributed by atoms with Gasteiger partial charge in [-0.1, -0.05) is 42.5 Å². The van der Waals surface area contributed by atoms with Gasteiger partial charge in [-0.2, -0.15) is 5.10 Å². The fourth-order valence-corrected chi connectivity index (χ4v) is 2.88. The Kier molecular flexibility index (Phi) is 7.48. The van der Waals surface area contributed by atoms with E-state index in [9.17, 15) is 4.79 Å². The Balaban J connectivity index is 1.56. The number of amides is 1. The van der Waals surface area contributed by atoms with Crippen LogP contribution in [0.25, 0.3) is 11.1 Å². The summed E-state index contributed by atoms with van der Waals surface area (Å²) >= 11 is 0. The first kappa shape index (κ1) is 21.7. The molecule has 0 heterocycles. The van der Waals surface area contributed by atoms with Crippen molar-refractivity contribution < 1.29 is 23.7 Å². The summed E-state index contributed by atoms with van der Waals surface area (Å²) in [4.78, 5) is 12.1. The van der Waals surface area contributed by atoms with Gasteiger partial charge in [0.25, 0.3) is 5.91 Å². The van der Waals surface area contributed by atoms with Crippen molar-refractivity contribution in [3.63, 3.8) is 0 Å². The van der Waals surface area contributed by atoms with Crippen LogP contribution < -0.4 is 24.4 Å². The van der Waals surface area contributed by atoms with Crippen molar-refractivity contribution in [3.05, 3.63) is 72.3 Å². The van der Waals surface area contributed by atoms with Gasteiger partial charge in [0.15, 0.2) is 6.61 Å². The fourth-order valence-electron chi connectivity index (χ4n) is 2.88. The molecule has 0 spiro atoms. The molecule has 3 aromatic rings. The first-order valence-electron chi connectivity index (χ1n) is 9.54. The van der Waals surface area contributed by atoms with Crippen LogP contribution in [0.3, 0.4) is 0 Å². The van der Waals surface area contributed by atoms with Gasteiger partial charge in [0.1, 0.15) is 23.0 Å². The van der Waals surface area contributed by atoms with Gasteiger partial charge in [-0.15, -0.1) is 0 Å². The maximum atomic E-state index is 12.1. The number of benzene rings is 3. The Morgan fingerprint density at radius 2 is 1.45 bits per heavy atom. The van der Waals surface area contributed by atoms with Crippen LogP contribution in [0.2, 0.25) is 0 Å². The summed E-state index contributed by atoms with van der Waals surface area (Å²) in [6, 6.07) is 21.0. The largest absolute Gasteiger partial charge is 0.496 e. The maximum absolute atomic E-state index is 12.1. The highest BCUT2D eigenvalue weighted by Crippen LogP contribution is 2.32. The highest BCUT2D eigenvalue weighted by atomic mass is 16.5. The van der Waals surface area contributed by atoms with E-state index in [1.165, 1.54) is 20.4 Å². The molecular weight excluding hydrogens is 396 g/mol. The molecule has 0 unspecified atom stereocenters. The zero-order valence-corrected chi connectivity index (χ0v) is 17.6. The number of hydrogen-bond acceptors (Lipinski definition) is 6. The first-order chi connectivity index (χ1) is 15.1. The standard InChI is InChI=1S/C24H24N2O5/c1-28-20-13-22(29-2)21(23(14-20)30-3)15-25-26-24(27)16-31-19-11-9-18(10-12-19)17-7-5-4-6-8-17/h4-15H,16H2,1-3H3,(H,26,27)/b25-15-. The fraction of sp³-hybridized carbons (Fsp3) is 0.167. The number of carbonyl (C=O) groups excluding carboxylic acids is 1. The third kappa shape index (κ3) is 5.76. The molecular formula is C24H24N2O5. The topological polar surface area (TPSA) is 78.4 Å². The summed E-state index contributed by atoms with van der Waals surface area (Å²) < 4.78 is 21.4. The molecule has 0 saturated heterocycles. The van der Waals surface area contributed by atoms with Crippen LogP contribution >= 0.6 is 0 Å². The molecule has 0 radical (unpaired) electrons. The molecule has 7 nitrogen and oxygen atoms in total. The lowest BCUT2D eigenvalue weighted by Gasteiger charge is -2.12. The van der Waals surface area contributed by atoms with Crippen LogP contribution in [0.1, 0.15) is 5.56 Å². The highest BCUT2D eigenvalue weighted by molar-refractivity contribution is 5.89. The molecule has 3 aromatic carbocycles. The van der Waals surface area contributed by atoms with Crippen molar-refractivity contribution in [1.29, 1.82) is 0 Å². The van der Waals surface area contributed by atoms with Crippen molar-refractivity contribution in [1.82, 2.24) is 5.43 Å². The Labute approximate surface area is 181 Å². The number of ether oxygens (including phenoxy) is 4. The smallest absolute Gasteiger partial charge is 0.277 e. The minimum atomic E-state index is -0.394. The average molecular weight is 420 g/mol. The molecule has 7 heteroatoms. The number of hydrazone groups is 1. The molecule has 0 atom stereocenters. The van der Waals surface area contributed by atoms with E-state index in [0.717, 1.165) is 11.1 Å². The van der Waals surface area contributed by atoms with Crippen LogP contribution in [-0.2, 0) is 4.79 Å². The second-order valence-electron chi connectivity index (χ2n) is 6.42.